The molecule has 1 saturated heterocycles. The molecule has 3 rings (SSSR count). The number of nitrogens with one attached hydrogen (secondary N) is 1. The van der Waals surface area contributed by atoms with Crippen molar-refractivity contribution in [3.05, 3.63) is 42.0 Å². The molecule has 21 heavy (non-hydrogen) atoms. The minimum atomic E-state index is 0.850. The zero-order valence-electron chi connectivity index (χ0n) is 12.4. The fourth-order valence-electron chi connectivity index (χ4n) is 2.55. The maximum absolute atomic E-state index is 5.25. The molecular formula is C18H20N2O. The Morgan fingerprint density at radius 3 is 2.67 bits per heavy atom. The van der Waals surface area contributed by atoms with Crippen molar-refractivity contribution in [1.29, 1.82) is 0 Å². The molecular weight excluding hydrogens is 260 g/mol. The Morgan fingerprint density at radius 1 is 1.10 bits per heavy atom. The third-order valence-electron chi connectivity index (χ3n) is 3.79. The second-order valence-electron chi connectivity index (χ2n) is 5.26. The number of hydrogen-bond donors (Lipinski definition) is 1. The van der Waals surface area contributed by atoms with Gasteiger partial charge in [-0.15, -0.1) is 0 Å². The molecule has 2 aromatic rings. The molecule has 0 aromatic heterocycles. The van der Waals surface area contributed by atoms with Crippen molar-refractivity contribution in [3.63, 3.8) is 0 Å². The van der Waals surface area contributed by atoms with Crippen LogP contribution in [0, 0.1) is 11.8 Å². The van der Waals surface area contributed by atoms with Crippen molar-refractivity contribution in [2.75, 3.05) is 39.8 Å². The Balaban J connectivity index is 1.72. The number of fused-ring (bicyclic) bond motifs is 1. The van der Waals surface area contributed by atoms with Gasteiger partial charge in [0.1, 0.15) is 5.75 Å². The minimum Gasteiger partial charge on any atom is -0.497 e. The van der Waals surface area contributed by atoms with Gasteiger partial charge in [-0.3, -0.25) is 4.90 Å². The van der Waals surface area contributed by atoms with Crippen molar-refractivity contribution < 1.29 is 4.74 Å². The summed E-state index contributed by atoms with van der Waals surface area (Å²) in [6.07, 6.45) is 0. The first-order valence-corrected chi connectivity index (χ1v) is 7.35. The quantitative estimate of drug-likeness (QED) is 0.853. The summed E-state index contributed by atoms with van der Waals surface area (Å²) in [7, 11) is 1.69. The number of nitrogens with zero attached hydrogens (tertiary/aromatic N) is 1. The summed E-state index contributed by atoms with van der Waals surface area (Å²) in [5.41, 5.74) is 1.07. The predicted octanol–water partition coefficient (Wildman–Crippen LogP) is 2.11. The first kappa shape index (κ1) is 13.9. The molecule has 1 aliphatic rings. The SMILES string of the molecule is COc1ccc2cc(C#CCN3CCNCC3)ccc2c1. The molecule has 0 radical (unpaired) electrons. The summed E-state index contributed by atoms with van der Waals surface area (Å²) >= 11 is 0. The molecule has 0 amide bonds. The standard InChI is InChI=1S/C18H20N2O/c1-21-18-7-6-16-13-15(4-5-17(16)14-18)3-2-10-20-11-8-19-9-12-20/h4-7,13-14,19H,8-12H2,1H3. The average molecular weight is 280 g/mol. The second-order valence-corrected chi connectivity index (χ2v) is 5.26. The predicted molar refractivity (Wildman–Crippen MR) is 86.7 cm³/mol. The van der Waals surface area contributed by atoms with Gasteiger partial charge >= 0.3 is 0 Å². The lowest BCUT2D eigenvalue weighted by Gasteiger charge is -2.24. The average Bonchev–Trinajstić information content (AvgIpc) is 2.55. The maximum atomic E-state index is 5.25. The number of hydrogen-bond acceptors (Lipinski definition) is 3. The van der Waals surface area contributed by atoms with E-state index in [1.165, 1.54) is 10.8 Å². The van der Waals surface area contributed by atoms with E-state index in [4.69, 9.17) is 4.74 Å². The van der Waals surface area contributed by atoms with Crippen molar-refractivity contribution in [1.82, 2.24) is 10.2 Å². The van der Waals surface area contributed by atoms with E-state index >= 15 is 0 Å². The van der Waals surface area contributed by atoms with Crippen molar-refractivity contribution >= 4 is 10.8 Å². The monoisotopic (exact) mass is 280 g/mol. The Labute approximate surface area is 125 Å². The van der Waals surface area contributed by atoms with Gasteiger partial charge in [0, 0.05) is 31.7 Å². The first-order chi connectivity index (χ1) is 10.3. The van der Waals surface area contributed by atoms with E-state index < -0.39 is 0 Å². The largest absolute Gasteiger partial charge is 0.497 e. The van der Waals surface area contributed by atoms with Crippen LogP contribution in [0.4, 0.5) is 0 Å². The number of rotatable bonds is 2. The fraction of sp³-hybridized carbons (Fsp3) is 0.333. The van der Waals surface area contributed by atoms with Crippen LogP contribution in [0.25, 0.3) is 10.8 Å². The maximum Gasteiger partial charge on any atom is 0.119 e. The number of methoxy groups -OCH3 is 1. The first-order valence-electron chi connectivity index (χ1n) is 7.35. The van der Waals surface area contributed by atoms with Gasteiger partial charge in [-0.1, -0.05) is 24.0 Å². The zero-order valence-corrected chi connectivity index (χ0v) is 12.4. The highest BCUT2D eigenvalue weighted by molar-refractivity contribution is 5.85. The lowest BCUT2D eigenvalue weighted by atomic mass is 10.1. The Hall–Kier alpha value is -2.02. The molecule has 2 aromatic carbocycles. The van der Waals surface area contributed by atoms with Crippen LogP contribution >= 0.6 is 0 Å². The fourth-order valence-corrected chi connectivity index (χ4v) is 2.55. The Kier molecular flexibility index (Phi) is 4.40. The highest BCUT2D eigenvalue weighted by atomic mass is 16.5. The van der Waals surface area contributed by atoms with Gasteiger partial charge in [-0.2, -0.15) is 0 Å². The van der Waals surface area contributed by atoms with Crippen LogP contribution in [0.2, 0.25) is 0 Å². The van der Waals surface area contributed by atoms with Crippen LogP contribution in [0.3, 0.4) is 0 Å². The van der Waals surface area contributed by atoms with Gasteiger partial charge < -0.3 is 10.1 Å². The van der Waals surface area contributed by atoms with Crippen LogP contribution in [-0.2, 0) is 0 Å². The molecule has 1 N–H and O–H groups in total. The topological polar surface area (TPSA) is 24.5 Å². The summed E-state index contributed by atoms with van der Waals surface area (Å²) in [6.45, 7) is 5.17. The Bertz CT molecular complexity index is 678. The van der Waals surface area contributed by atoms with E-state index in [9.17, 15) is 0 Å². The van der Waals surface area contributed by atoms with Gasteiger partial charge in [0.15, 0.2) is 0 Å². The van der Waals surface area contributed by atoms with Crippen LogP contribution in [-0.4, -0.2) is 44.7 Å². The minimum absolute atomic E-state index is 0.850. The molecule has 0 saturated carbocycles. The van der Waals surface area contributed by atoms with Gasteiger partial charge in [0.25, 0.3) is 0 Å². The molecule has 0 unspecified atom stereocenters. The summed E-state index contributed by atoms with van der Waals surface area (Å²) in [6, 6.07) is 12.4. The highest BCUT2D eigenvalue weighted by Crippen LogP contribution is 2.21. The van der Waals surface area contributed by atoms with E-state index in [-0.39, 0.29) is 0 Å². The summed E-state index contributed by atoms with van der Waals surface area (Å²) in [4.78, 5) is 2.38. The molecule has 0 aliphatic carbocycles. The van der Waals surface area contributed by atoms with Crippen molar-refractivity contribution in [2.45, 2.75) is 0 Å². The summed E-state index contributed by atoms with van der Waals surface area (Å²) in [5.74, 6) is 7.44. The van der Waals surface area contributed by atoms with Gasteiger partial charge in [-0.25, -0.2) is 0 Å². The smallest absolute Gasteiger partial charge is 0.119 e. The lowest BCUT2D eigenvalue weighted by Crippen LogP contribution is -2.43. The normalized spacial score (nSPS) is 15.5. The van der Waals surface area contributed by atoms with Gasteiger partial charge in [-0.05, 0) is 35.0 Å². The third-order valence-corrected chi connectivity index (χ3v) is 3.79. The van der Waals surface area contributed by atoms with Crippen molar-refractivity contribution in [3.8, 4) is 17.6 Å². The van der Waals surface area contributed by atoms with Gasteiger partial charge in [0.05, 0.1) is 13.7 Å². The van der Waals surface area contributed by atoms with E-state index in [0.29, 0.717) is 0 Å². The van der Waals surface area contributed by atoms with Crippen LogP contribution < -0.4 is 10.1 Å². The molecule has 0 atom stereocenters. The molecule has 1 heterocycles. The van der Waals surface area contributed by atoms with Crippen LogP contribution in [0.5, 0.6) is 5.75 Å². The second kappa shape index (κ2) is 6.62. The molecule has 3 heteroatoms. The van der Waals surface area contributed by atoms with Crippen LogP contribution in [0.1, 0.15) is 5.56 Å². The Morgan fingerprint density at radius 2 is 1.86 bits per heavy atom. The van der Waals surface area contributed by atoms with Crippen LogP contribution in [0.15, 0.2) is 36.4 Å². The molecule has 1 aliphatic heterocycles. The van der Waals surface area contributed by atoms with E-state index in [1.807, 2.05) is 12.1 Å². The summed E-state index contributed by atoms with van der Waals surface area (Å²) < 4.78 is 5.25. The lowest BCUT2D eigenvalue weighted by molar-refractivity contribution is 0.268. The highest BCUT2D eigenvalue weighted by Gasteiger charge is 2.06. The summed E-state index contributed by atoms with van der Waals surface area (Å²) in [5, 5.41) is 5.73. The molecule has 0 bridgehead atoms. The van der Waals surface area contributed by atoms with E-state index in [1.54, 1.807) is 7.11 Å². The third kappa shape index (κ3) is 3.55. The molecule has 1 fully saturated rings. The van der Waals surface area contributed by atoms with E-state index in [2.05, 4.69) is 46.3 Å². The van der Waals surface area contributed by atoms with Crippen molar-refractivity contribution in [2.24, 2.45) is 0 Å². The molecule has 108 valence electrons. The molecule has 0 spiro atoms. The number of benzene rings is 2. The molecule has 3 nitrogen and oxygen atoms in total. The van der Waals surface area contributed by atoms with E-state index in [0.717, 1.165) is 44.0 Å². The number of piperazine rings is 1. The van der Waals surface area contributed by atoms with Gasteiger partial charge in [0.2, 0.25) is 0 Å². The number of ether oxygens (including phenoxy) is 1. The zero-order chi connectivity index (χ0) is 14.5.